The lowest BCUT2D eigenvalue weighted by molar-refractivity contribution is -0.143. The van der Waals surface area contributed by atoms with Gasteiger partial charge in [0.2, 0.25) is 5.91 Å². The number of rotatable bonds is 60. The van der Waals surface area contributed by atoms with Crippen molar-refractivity contribution >= 4 is 11.9 Å². The van der Waals surface area contributed by atoms with Gasteiger partial charge in [0.25, 0.3) is 0 Å². The van der Waals surface area contributed by atoms with E-state index in [1.54, 1.807) is 0 Å². The predicted molar refractivity (Wildman–Crippen MR) is 306 cm³/mol. The first-order valence-corrected chi connectivity index (χ1v) is 31.9. The highest BCUT2D eigenvalue weighted by Crippen LogP contribution is 2.18. The zero-order valence-electron chi connectivity index (χ0n) is 47.5. The molecule has 0 rings (SSSR count). The van der Waals surface area contributed by atoms with E-state index in [2.05, 4.69) is 31.3 Å². The zero-order chi connectivity index (χ0) is 50.7. The van der Waals surface area contributed by atoms with Crippen molar-refractivity contribution in [2.75, 3.05) is 13.2 Å². The second-order valence-corrected chi connectivity index (χ2v) is 22.1. The van der Waals surface area contributed by atoms with Gasteiger partial charge in [-0.1, -0.05) is 309 Å². The number of allylic oxidation sites excluding steroid dienone is 2. The quantitative estimate of drug-likeness (QED) is 0.0321. The number of carbonyl (C=O) groups is 2. The minimum Gasteiger partial charge on any atom is -0.466 e. The fourth-order valence-electron chi connectivity index (χ4n) is 10.2. The number of nitrogens with one attached hydrogen (secondary N) is 1. The van der Waals surface area contributed by atoms with Crippen molar-refractivity contribution < 1.29 is 24.5 Å². The first-order valence-electron chi connectivity index (χ1n) is 31.9. The van der Waals surface area contributed by atoms with Crippen LogP contribution in [0.5, 0.6) is 0 Å². The maximum absolute atomic E-state index is 12.5. The van der Waals surface area contributed by atoms with Crippen molar-refractivity contribution in [1.82, 2.24) is 5.32 Å². The predicted octanol–water partition coefficient (Wildman–Crippen LogP) is 20.0. The molecule has 0 bridgehead atoms. The summed E-state index contributed by atoms with van der Waals surface area (Å²) < 4.78 is 5.49. The molecule has 2 atom stereocenters. The highest BCUT2D eigenvalue weighted by atomic mass is 16.5. The van der Waals surface area contributed by atoms with Crippen LogP contribution in [0.1, 0.15) is 361 Å². The molecular formula is C64H125NO5. The standard InChI is InChI=1S/C64H125NO5/c1-3-5-7-9-11-13-15-17-19-30-34-38-42-46-50-54-58-64(69)70-59-55-51-47-43-39-35-31-27-25-23-21-20-22-24-26-29-33-37-41-45-49-53-57-63(68)65-61(60-66)62(67)56-52-48-44-40-36-32-28-18-16-14-12-10-8-6-4-2/h22,24,61-62,66-67H,3-21,23,25-60H2,1-2H3,(H,65,68)/b24-22-. The molecule has 0 aromatic carbocycles. The Labute approximate surface area is 438 Å². The molecule has 6 heteroatoms. The molecule has 0 heterocycles. The maximum Gasteiger partial charge on any atom is 0.305 e. The van der Waals surface area contributed by atoms with E-state index in [0.717, 1.165) is 38.5 Å². The average molecular weight is 989 g/mol. The third-order valence-corrected chi connectivity index (χ3v) is 15.1. The lowest BCUT2D eigenvalue weighted by Crippen LogP contribution is -2.45. The molecule has 70 heavy (non-hydrogen) atoms. The molecule has 0 spiro atoms. The summed E-state index contributed by atoms with van der Waals surface area (Å²) in [6.07, 6.45) is 72.2. The number of ether oxygens (including phenoxy) is 1. The van der Waals surface area contributed by atoms with Crippen molar-refractivity contribution in [3.63, 3.8) is 0 Å². The number of carbonyl (C=O) groups excluding carboxylic acids is 2. The van der Waals surface area contributed by atoms with Gasteiger partial charge >= 0.3 is 5.97 Å². The second kappa shape index (κ2) is 60.2. The molecule has 0 saturated heterocycles. The lowest BCUT2D eigenvalue weighted by atomic mass is 10.0. The third-order valence-electron chi connectivity index (χ3n) is 15.1. The van der Waals surface area contributed by atoms with Gasteiger partial charge in [-0.15, -0.1) is 0 Å². The zero-order valence-corrected chi connectivity index (χ0v) is 47.5. The van der Waals surface area contributed by atoms with E-state index < -0.39 is 12.1 Å². The Bertz CT molecular complexity index is 1050. The van der Waals surface area contributed by atoms with Crippen molar-refractivity contribution in [3.05, 3.63) is 12.2 Å². The molecule has 0 aliphatic carbocycles. The van der Waals surface area contributed by atoms with Gasteiger partial charge in [-0.05, 0) is 51.4 Å². The Morgan fingerprint density at radius 2 is 0.671 bits per heavy atom. The molecule has 2 unspecified atom stereocenters. The highest BCUT2D eigenvalue weighted by Gasteiger charge is 2.20. The van der Waals surface area contributed by atoms with Crippen LogP contribution >= 0.6 is 0 Å². The third kappa shape index (κ3) is 55.9. The average Bonchev–Trinajstić information content (AvgIpc) is 3.36. The number of unbranched alkanes of at least 4 members (excludes halogenated alkanes) is 47. The molecule has 0 aromatic heterocycles. The van der Waals surface area contributed by atoms with Crippen LogP contribution in [0, 0.1) is 0 Å². The van der Waals surface area contributed by atoms with Gasteiger partial charge in [-0.25, -0.2) is 0 Å². The van der Waals surface area contributed by atoms with E-state index in [-0.39, 0.29) is 18.5 Å². The minimum absolute atomic E-state index is 0.0142. The van der Waals surface area contributed by atoms with Crippen molar-refractivity contribution in [2.45, 2.75) is 373 Å². The van der Waals surface area contributed by atoms with E-state index in [1.807, 2.05) is 0 Å². The van der Waals surface area contributed by atoms with Crippen molar-refractivity contribution in [2.24, 2.45) is 0 Å². The van der Waals surface area contributed by atoms with Crippen LogP contribution in [-0.2, 0) is 14.3 Å². The monoisotopic (exact) mass is 988 g/mol. The van der Waals surface area contributed by atoms with Crippen LogP contribution in [0.3, 0.4) is 0 Å². The smallest absolute Gasteiger partial charge is 0.305 e. The van der Waals surface area contributed by atoms with Crippen LogP contribution in [0.2, 0.25) is 0 Å². The summed E-state index contributed by atoms with van der Waals surface area (Å²) in [7, 11) is 0. The van der Waals surface area contributed by atoms with Gasteiger partial charge < -0.3 is 20.3 Å². The van der Waals surface area contributed by atoms with Crippen molar-refractivity contribution in [1.29, 1.82) is 0 Å². The molecule has 0 fully saturated rings. The Morgan fingerprint density at radius 1 is 0.386 bits per heavy atom. The Kier molecular flexibility index (Phi) is 59.0. The summed E-state index contributed by atoms with van der Waals surface area (Å²) >= 11 is 0. The van der Waals surface area contributed by atoms with E-state index in [1.165, 1.54) is 289 Å². The Hall–Kier alpha value is -1.40. The number of hydrogen-bond donors (Lipinski definition) is 3. The molecule has 0 saturated carbocycles. The molecular weight excluding hydrogens is 863 g/mol. The Morgan fingerprint density at radius 3 is 1.01 bits per heavy atom. The fourth-order valence-corrected chi connectivity index (χ4v) is 10.2. The summed E-state index contributed by atoms with van der Waals surface area (Å²) in [6, 6.07) is -0.545. The van der Waals surface area contributed by atoms with E-state index >= 15 is 0 Å². The number of aliphatic hydroxyl groups excluding tert-OH is 2. The summed E-state index contributed by atoms with van der Waals surface area (Å²) in [5.74, 6) is -0.0252. The van der Waals surface area contributed by atoms with Crippen molar-refractivity contribution in [3.8, 4) is 0 Å². The van der Waals surface area contributed by atoms with Crippen LogP contribution in [0.25, 0.3) is 0 Å². The van der Waals surface area contributed by atoms with Gasteiger partial charge in [-0.3, -0.25) is 9.59 Å². The molecule has 0 aliphatic heterocycles. The van der Waals surface area contributed by atoms with Gasteiger partial charge in [0.15, 0.2) is 0 Å². The number of esters is 1. The van der Waals surface area contributed by atoms with E-state index in [9.17, 15) is 19.8 Å². The maximum atomic E-state index is 12.5. The fraction of sp³-hybridized carbons (Fsp3) is 0.938. The van der Waals surface area contributed by atoms with Crippen LogP contribution in [-0.4, -0.2) is 47.4 Å². The van der Waals surface area contributed by atoms with E-state index in [0.29, 0.717) is 25.9 Å². The molecule has 0 radical (unpaired) electrons. The molecule has 416 valence electrons. The molecule has 1 amide bonds. The topological polar surface area (TPSA) is 95.9 Å². The summed E-state index contributed by atoms with van der Waals surface area (Å²) in [4.78, 5) is 24.6. The molecule has 6 nitrogen and oxygen atoms in total. The van der Waals surface area contributed by atoms with Crippen LogP contribution in [0.4, 0.5) is 0 Å². The first-order chi connectivity index (χ1) is 34.5. The number of hydrogen-bond acceptors (Lipinski definition) is 5. The van der Waals surface area contributed by atoms with Gasteiger partial charge in [0.05, 0.1) is 25.4 Å². The van der Waals surface area contributed by atoms with E-state index in [4.69, 9.17) is 4.74 Å². The van der Waals surface area contributed by atoms with Gasteiger partial charge in [0, 0.05) is 12.8 Å². The van der Waals surface area contributed by atoms with Crippen LogP contribution in [0.15, 0.2) is 12.2 Å². The number of amides is 1. The Balaban J connectivity index is 3.39. The summed E-state index contributed by atoms with van der Waals surface area (Å²) in [6.45, 7) is 4.98. The van der Waals surface area contributed by atoms with Gasteiger partial charge in [-0.2, -0.15) is 0 Å². The summed E-state index contributed by atoms with van der Waals surface area (Å²) in [5.41, 5.74) is 0. The largest absolute Gasteiger partial charge is 0.466 e. The second-order valence-electron chi connectivity index (χ2n) is 22.1. The molecule has 0 aliphatic rings. The SMILES string of the molecule is CCCCCCCCCCCCCCCCCCC(=O)OCCCCCCCCCCCCC/C=C\CCCCCCCCCC(=O)NC(CO)C(O)CCCCCCCCCCCCCCCCC. The first kappa shape index (κ1) is 68.6. The summed E-state index contributed by atoms with van der Waals surface area (Å²) in [5, 5.41) is 23.3. The van der Waals surface area contributed by atoms with Gasteiger partial charge in [0.1, 0.15) is 0 Å². The minimum atomic E-state index is -0.668. The number of aliphatic hydroxyl groups is 2. The highest BCUT2D eigenvalue weighted by molar-refractivity contribution is 5.76. The molecule has 3 N–H and O–H groups in total. The lowest BCUT2D eigenvalue weighted by Gasteiger charge is -2.22. The van der Waals surface area contributed by atoms with Crippen LogP contribution < -0.4 is 5.32 Å². The normalized spacial score (nSPS) is 12.6. The molecule has 0 aromatic rings.